The molecule has 3 heteroatoms. The van der Waals surface area contributed by atoms with Gasteiger partial charge < -0.3 is 10.4 Å². The zero-order valence-electron chi connectivity index (χ0n) is 10.7. The van der Waals surface area contributed by atoms with Crippen LogP contribution in [0.2, 0.25) is 0 Å². The molecule has 2 unspecified atom stereocenters. The molecule has 98 valence electrons. The van der Waals surface area contributed by atoms with Crippen LogP contribution in [0, 0.1) is 0 Å². The summed E-state index contributed by atoms with van der Waals surface area (Å²) in [6.07, 6.45) is 2.21. The van der Waals surface area contributed by atoms with Crippen LogP contribution in [0.1, 0.15) is 29.6 Å². The number of benzene rings is 2. The van der Waals surface area contributed by atoms with Gasteiger partial charge in [0, 0.05) is 5.56 Å². The second-order valence-electron chi connectivity index (χ2n) is 5.10. The molecule has 1 saturated carbocycles. The lowest BCUT2D eigenvalue weighted by Crippen LogP contribution is -2.39. The Morgan fingerprint density at radius 1 is 1.11 bits per heavy atom. The molecule has 0 bridgehead atoms. The topological polar surface area (TPSA) is 49.3 Å². The van der Waals surface area contributed by atoms with Crippen molar-refractivity contribution in [3.05, 3.63) is 48.0 Å². The first kappa shape index (κ1) is 12.2. The summed E-state index contributed by atoms with van der Waals surface area (Å²) in [4.78, 5) is 12.3. The van der Waals surface area contributed by atoms with Crippen LogP contribution in [0.25, 0.3) is 10.8 Å². The minimum atomic E-state index is -0.404. The van der Waals surface area contributed by atoms with Crippen LogP contribution in [0.3, 0.4) is 0 Å². The van der Waals surface area contributed by atoms with E-state index in [1.807, 2.05) is 42.5 Å². The second kappa shape index (κ2) is 5.02. The van der Waals surface area contributed by atoms with Gasteiger partial charge in [0.25, 0.3) is 5.91 Å². The van der Waals surface area contributed by atoms with E-state index in [2.05, 4.69) is 5.32 Å². The van der Waals surface area contributed by atoms with Crippen molar-refractivity contribution in [1.29, 1.82) is 0 Å². The van der Waals surface area contributed by atoms with Crippen LogP contribution in [0.4, 0.5) is 0 Å². The van der Waals surface area contributed by atoms with E-state index in [0.717, 1.165) is 30.0 Å². The van der Waals surface area contributed by atoms with Crippen LogP contribution >= 0.6 is 0 Å². The summed E-state index contributed by atoms with van der Waals surface area (Å²) in [5, 5.41) is 14.7. The fraction of sp³-hybridized carbons (Fsp3) is 0.312. The summed E-state index contributed by atoms with van der Waals surface area (Å²) >= 11 is 0. The molecule has 2 aromatic rings. The van der Waals surface area contributed by atoms with Gasteiger partial charge in [-0.3, -0.25) is 4.79 Å². The van der Waals surface area contributed by atoms with Gasteiger partial charge in [-0.15, -0.1) is 0 Å². The number of nitrogens with one attached hydrogen (secondary N) is 1. The molecule has 1 aliphatic carbocycles. The first-order valence-corrected chi connectivity index (χ1v) is 6.72. The molecule has 1 fully saturated rings. The van der Waals surface area contributed by atoms with Gasteiger partial charge in [0.15, 0.2) is 0 Å². The highest BCUT2D eigenvalue weighted by atomic mass is 16.3. The molecule has 0 radical (unpaired) electrons. The van der Waals surface area contributed by atoms with Gasteiger partial charge >= 0.3 is 0 Å². The lowest BCUT2D eigenvalue weighted by molar-refractivity contribution is 0.0875. The van der Waals surface area contributed by atoms with Gasteiger partial charge in [0.05, 0.1) is 12.1 Å². The van der Waals surface area contributed by atoms with Gasteiger partial charge in [0.1, 0.15) is 0 Å². The van der Waals surface area contributed by atoms with Crippen LogP contribution in [0.15, 0.2) is 42.5 Å². The molecule has 0 aromatic heterocycles. The molecular formula is C16H17NO2. The van der Waals surface area contributed by atoms with Crippen molar-refractivity contribution in [2.24, 2.45) is 0 Å². The predicted molar refractivity (Wildman–Crippen MR) is 75.1 cm³/mol. The quantitative estimate of drug-likeness (QED) is 0.866. The summed E-state index contributed by atoms with van der Waals surface area (Å²) in [5.41, 5.74) is 0.678. The number of rotatable bonds is 2. The number of hydrogen-bond acceptors (Lipinski definition) is 2. The van der Waals surface area contributed by atoms with Gasteiger partial charge in [-0.25, -0.2) is 0 Å². The highest BCUT2D eigenvalue weighted by Crippen LogP contribution is 2.21. The molecule has 3 rings (SSSR count). The maximum absolute atomic E-state index is 12.3. The standard InChI is InChI=1S/C16H17NO2/c18-15-10-4-9-14(15)17-16(19)13-8-3-6-11-5-1-2-7-12(11)13/h1-3,5-8,14-15,18H,4,9-10H2,(H,17,19). The normalized spacial score (nSPS) is 22.6. The third-order valence-electron chi connectivity index (χ3n) is 3.83. The molecule has 2 atom stereocenters. The van der Waals surface area contributed by atoms with Crippen molar-refractivity contribution >= 4 is 16.7 Å². The maximum atomic E-state index is 12.3. The van der Waals surface area contributed by atoms with Gasteiger partial charge in [0.2, 0.25) is 0 Å². The number of aliphatic hydroxyl groups is 1. The average Bonchev–Trinajstić information content (AvgIpc) is 2.83. The lowest BCUT2D eigenvalue weighted by atomic mass is 10.0. The van der Waals surface area contributed by atoms with Gasteiger partial charge in [-0.2, -0.15) is 0 Å². The minimum Gasteiger partial charge on any atom is -0.391 e. The van der Waals surface area contributed by atoms with E-state index in [9.17, 15) is 9.90 Å². The Morgan fingerprint density at radius 3 is 2.68 bits per heavy atom. The third-order valence-corrected chi connectivity index (χ3v) is 3.83. The zero-order chi connectivity index (χ0) is 13.2. The van der Waals surface area contributed by atoms with Crippen LogP contribution in [-0.2, 0) is 0 Å². The van der Waals surface area contributed by atoms with E-state index >= 15 is 0 Å². The van der Waals surface area contributed by atoms with E-state index in [1.54, 1.807) is 0 Å². The first-order valence-electron chi connectivity index (χ1n) is 6.72. The molecule has 2 aromatic carbocycles. The molecule has 2 N–H and O–H groups in total. The lowest BCUT2D eigenvalue weighted by Gasteiger charge is -2.17. The highest BCUT2D eigenvalue weighted by Gasteiger charge is 2.27. The molecule has 1 amide bonds. The molecule has 0 aliphatic heterocycles. The molecular weight excluding hydrogens is 238 g/mol. The maximum Gasteiger partial charge on any atom is 0.252 e. The summed E-state index contributed by atoms with van der Waals surface area (Å²) in [6, 6.07) is 13.5. The Morgan fingerprint density at radius 2 is 1.89 bits per heavy atom. The molecule has 3 nitrogen and oxygen atoms in total. The monoisotopic (exact) mass is 255 g/mol. The smallest absolute Gasteiger partial charge is 0.252 e. The number of aliphatic hydroxyl groups excluding tert-OH is 1. The summed E-state index contributed by atoms with van der Waals surface area (Å²) in [6.45, 7) is 0. The Kier molecular flexibility index (Phi) is 3.22. The Hall–Kier alpha value is -1.87. The molecule has 1 aliphatic rings. The Bertz CT molecular complexity index is 603. The number of fused-ring (bicyclic) bond motifs is 1. The van der Waals surface area contributed by atoms with Gasteiger partial charge in [-0.05, 0) is 36.1 Å². The van der Waals surface area contributed by atoms with Crippen LogP contribution in [-0.4, -0.2) is 23.2 Å². The van der Waals surface area contributed by atoms with Crippen molar-refractivity contribution in [3.8, 4) is 0 Å². The van der Waals surface area contributed by atoms with Crippen LogP contribution in [0.5, 0.6) is 0 Å². The summed E-state index contributed by atoms with van der Waals surface area (Å²) < 4.78 is 0. The molecule has 19 heavy (non-hydrogen) atoms. The molecule has 0 spiro atoms. The molecule has 0 heterocycles. The van der Waals surface area contributed by atoms with Crippen molar-refractivity contribution in [2.45, 2.75) is 31.4 Å². The minimum absolute atomic E-state index is 0.0947. The summed E-state index contributed by atoms with van der Waals surface area (Å²) in [7, 11) is 0. The fourth-order valence-corrected chi connectivity index (χ4v) is 2.78. The van der Waals surface area contributed by atoms with Crippen LogP contribution < -0.4 is 5.32 Å². The number of carbonyl (C=O) groups is 1. The van der Waals surface area contributed by atoms with Crippen molar-refractivity contribution in [2.75, 3.05) is 0 Å². The Balaban J connectivity index is 1.89. The largest absolute Gasteiger partial charge is 0.391 e. The molecule has 0 saturated heterocycles. The van der Waals surface area contributed by atoms with E-state index < -0.39 is 6.10 Å². The van der Waals surface area contributed by atoms with E-state index in [0.29, 0.717) is 5.56 Å². The van der Waals surface area contributed by atoms with E-state index in [4.69, 9.17) is 0 Å². The second-order valence-corrected chi connectivity index (χ2v) is 5.10. The SMILES string of the molecule is O=C(NC1CCCC1O)c1cccc2ccccc12. The summed E-state index contributed by atoms with van der Waals surface area (Å²) in [5.74, 6) is -0.0947. The Labute approximate surface area is 112 Å². The van der Waals surface area contributed by atoms with Gasteiger partial charge in [-0.1, -0.05) is 36.4 Å². The van der Waals surface area contributed by atoms with E-state index in [-0.39, 0.29) is 11.9 Å². The van der Waals surface area contributed by atoms with Crippen molar-refractivity contribution < 1.29 is 9.90 Å². The average molecular weight is 255 g/mol. The number of hydrogen-bond donors (Lipinski definition) is 2. The van der Waals surface area contributed by atoms with Crippen molar-refractivity contribution in [3.63, 3.8) is 0 Å². The third kappa shape index (κ3) is 2.34. The number of amides is 1. The van der Waals surface area contributed by atoms with E-state index in [1.165, 1.54) is 0 Å². The first-order chi connectivity index (χ1) is 9.25. The van der Waals surface area contributed by atoms with Crippen molar-refractivity contribution in [1.82, 2.24) is 5.32 Å². The zero-order valence-corrected chi connectivity index (χ0v) is 10.7. The highest BCUT2D eigenvalue weighted by molar-refractivity contribution is 6.07. The number of carbonyl (C=O) groups excluding carboxylic acids is 1. The predicted octanol–water partition coefficient (Wildman–Crippen LogP) is 2.48. The fourth-order valence-electron chi connectivity index (χ4n) is 2.78.